The molecule has 0 aliphatic rings. The van der Waals surface area contributed by atoms with Gasteiger partial charge in [0.25, 0.3) is 0 Å². The highest BCUT2D eigenvalue weighted by atomic mass is 35.5. The number of methoxy groups -OCH3 is 2. The Labute approximate surface area is 427 Å². The van der Waals surface area contributed by atoms with Gasteiger partial charge in [0, 0.05) is 52.3 Å². The number of carbonyl (C=O) groups is 2. The molecule has 2 heterocycles. The van der Waals surface area contributed by atoms with E-state index in [9.17, 15) is 9.59 Å². The number of ether oxygens (including phenoxy) is 6. The van der Waals surface area contributed by atoms with Gasteiger partial charge in [0.2, 0.25) is 0 Å². The predicted molar refractivity (Wildman–Crippen MR) is 287 cm³/mol. The molecular weight excluding hydrogens is 926 g/mol. The summed E-state index contributed by atoms with van der Waals surface area (Å²) in [6.45, 7) is 12.6. The standard InChI is InChI=1S/C32H36N2O4.C28H26ClNO4/c1-5-34(6-2)18-10-11-19-37-31-22-27-25(21-30(31)36-4)29(16-17-33-27)38-28-15-14-23(3)20-26(28)32(35)24-12-8-7-9-13-24;1-19-10-11-24(22(16-19)28(31)20-8-4-3-5-9-20)34-25-12-14-30-23-18-27(33-15-7-6-13-29)26(32-2)17-21(23)25/h7-9,12-17,20-22H,5-6,10-11,18-19H2,1-4H3;3-5,8-12,14,16-18H,6-7,13,15H2,1-2H3. The zero-order chi connectivity index (χ0) is 50.8. The molecule has 0 radical (unpaired) electrons. The number of ketones is 2. The first-order chi connectivity index (χ1) is 35.1. The van der Waals surface area contributed by atoms with Crippen LogP contribution in [0.25, 0.3) is 21.8 Å². The quantitative estimate of drug-likeness (QED) is 0.0346. The molecule has 11 nitrogen and oxygen atoms in total. The number of aryl methyl sites for hydroxylation is 2. The van der Waals surface area contributed by atoms with Gasteiger partial charge in [0.05, 0.1) is 49.6 Å². The van der Waals surface area contributed by atoms with Crippen LogP contribution in [-0.4, -0.2) is 79.4 Å². The van der Waals surface area contributed by atoms with Gasteiger partial charge < -0.3 is 33.3 Å². The van der Waals surface area contributed by atoms with Gasteiger partial charge in [-0.05, 0) is 108 Å². The Morgan fingerprint density at radius 3 is 1.36 bits per heavy atom. The van der Waals surface area contributed by atoms with Crippen molar-refractivity contribution in [2.24, 2.45) is 0 Å². The molecule has 0 saturated heterocycles. The van der Waals surface area contributed by atoms with Crippen LogP contribution < -0.4 is 28.4 Å². The smallest absolute Gasteiger partial charge is 0.196 e. The fourth-order valence-electron chi connectivity index (χ4n) is 8.07. The Bertz CT molecular complexity index is 3070. The number of nitrogens with zero attached hydrogens (tertiary/aromatic N) is 3. The van der Waals surface area contributed by atoms with Crippen molar-refractivity contribution in [3.63, 3.8) is 0 Å². The van der Waals surface area contributed by atoms with Crippen molar-refractivity contribution in [1.29, 1.82) is 0 Å². The van der Waals surface area contributed by atoms with Gasteiger partial charge in [-0.1, -0.05) is 97.8 Å². The summed E-state index contributed by atoms with van der Waals surface area (Å²) in [4.78, 5) is 38.0. The minimum absolute atomic E-state index is 0.0862. The predicted octanol–water partition coefficient (Wildman–Crippen LogP) is 14.0. The second-order valence-electron chi connectivity index (χ2n) is 17.1. The summed E-state index contributed by atoms with van der Waals surface area (Å²) in [6, 6.07) is 40.7. The Morgan fingerprint density at radius 2 is 0.944 bits per heavy atom. The second-order valence-corrected chi connectivity index (χ2v) is 17.5. The van der Waals surface area contributed by atoms with Crippen LogP contribution in [0.1, 0.15) is 82.5 Å². The maximum Gasteiger partial charge on any atom is 0.196 e. The summed E-state index contributed by atoms with van der Waals surface area (Å²) in [7, 11) is 3.22. The lowest BCUT2D eigenvalue weighted by Crippen LogP contribution is -2.24. The zero-order valence-electron chi connectivity index (χ0n) is 41.9. The topological polar surface area (TPSA) is 119 Å². The number of fused-ring (bicyclic) bond motifs is 2. The molecule has 72 heavy (non-hydrogen) atoms. The fourth-order valence-corrected chi connectivity index (χ4v) is 8.25. The van der Waals surface area contributed by atoms with Crippen LogP contribution in [0, 0.1) is 13.8 Å². The lowest BCUT2D eigenvalue weighted by molar-refractivity contribution is 0.102. The van der Waals surface area contributed by atoms with Crippen LogP contribution in [0.3, 0.4) is 0 Å². The van der Waals surface area contributed by atoms with Gasteiger partial charge in [-0.3, -0.25) is 19.6 Å². The van der Waals surface area contributed by atoms with E-state index in [1.54, 1.807) is 50.9 Å². The Morgan fingerprint density at radius 1 is 0.500 bits per heavy atom. The van der Waals surface area contributed by atoms with Crippen molar-refractivity contribution in [2.75, 3.05) is 52.9 Å². The summed E-state index contributed by atoms with van der Waals surface area (Å²) >= 11 is 5.75. The molecule has 0 atom stereocenters. The molecule has 2 aromatic heterocycles. The Hall–Kier alpha value is -7.47. The van der Waals surface area contributed by atoms with Crippen LogP contribution in [-0.2, 0) is 0 Å². The first-order valence-corrected chi connectivity index (χ1v) is 24.9. The lowest BCUT2D eigenvalue weighted by atomic mass is 10.0. The molecule has 0 aliphatic carbocycles. The van der Waals surface area contributed by atoms with E-state index in [-0.39, 0.29) is 11.6 Å². The summed E-state index contributed by atoms with van der Waals surface area (Å²) in [6.07, 6.45) is 7.15. The van der Waals surface area contributed by atoms with Crippen LogP contribution in [0.2, 0.25) is 0 Å². The number of hydrogen-bond acceptors (Lipinski definition) is 11. The number of unbranched alkanes of at least 4 members (excludes halogenated alkanes) is 2. The number of aromatic nitrogens is 2. The Kier molecular flexibility index (Phi) is 19.0. The van der Waals surface area contributed by atoms with E-state index in [1.165, 1.54) is 0 Å². The van der Waals surface area contributed by atoms with E-state index in [4.69, 9.17) is 40.0 Å². The van der Waals surface area contributed by atoms with E-state index in [0.717, 1.165) is 72.7 Å². The third kappa shape index (κ3) is 13.5. The molecule has 0 fully saturated rings. The summed E-state index contributed by atoms with van der Waals surface area (Å²) in [5.74, 6) is 5.02. The molecule has 0 N–H and O–H groups in total. The highest BCUT2D eigenvalue weighted by Crippen LogP contribution is 2.40. The highest BCUT2D eigenvalue weighted by Gasteiger charge is 2.20. The van der Waals surface area contributed by atoms with Gasteiger partial charge in [-0.25, -0.2) is 0 Å². The minimum Gasteiger partial charge on any atom is -0.493 e. The van der Waals surface area contributed by atoms with Crippen molar-refractivity contribution < 1.29 is 38.0 Å². The third-order valence-electron chi connectivity index (χ3n) is 12.1. The maximum atomic E-state index is 13.3. The van der Waals surface area contributed by atoms with Gasteiger partial charge >= 0.3 is 0 Å². The molecule has 0 unspecified atom stereocenters. The molecular formula is C60H62ClN3O8. The van der Waals surface area contributed by atoms with E-state index in [2.05, 4.69) is 28.7 Å². The number of halogens is 1. The largest absolute Gasteiger partial charge is 0.493 e. The number of carbonyl (C=O) groups excluding carboxylic acids is 2. The summed E-state index contributed by atoms with van der Waals surface area (Å²) in [5.41, 5.74) is 5.62. The number of pyridine rings is 2. The van der Waals surface area contributed by atoms with E-state index >= 15 is 0 Å². The van der Waals surface area contributed by atoms with E-state index < -0.39 is 0 Å². The molecule has 0 amide bonds. The van der Waals surface area contributed by atoms with Crippen molar-refractivity contribution >= 4 is 45.0 Å². The molecule has 8 aromatic rings. The Balaban J connectivity index is 0.000000213. The molecule has 372 valence electrons. The van der Waals surface area contributed by atoms with Gasteiger partial charge in [0.15, 0.2) is 34.6 Å². The lowest BCUT2D eigenvalue weighted by Gasteiger charge is -2.18. The zero-order valence-corrected chi connectivity index (χ0v) is 42.7. The fraction of sp³-hybridized carbons (Fsp3) is 0.267. The summed E-state index contributed by atoms with van der Waals surface area (Å²) in [5, 5.41) is 1.53. The molecule has 0 bridgehead atoms. The molecule has 12 heteroatoms. The highest BCUT2D eigenvalue weighted by molar-refractivity contribution is 6.17. The van der Waals surface area contributed by atoms with Crippen molar-refractivity contribution in [1.82, 2.24) is 14.9 Å². The molecule has 8 rings (SSSR count). The van der Waals surface area contributed by atoms with E-state index in [1.807, 2.05) is 123 Å². The first-order valence-electron chi connectivity index (χ1n) is 24.4. The number of hydrogen-bond donors (Lipinski definition) is 0. The van der Waals surface area contributed by atoms with Crippen LogP contribution in [0.15, 0.2) is 146 Å². The van der Waals surface area contributed by atoms with Crippen LogP contribution in [0.4, 0.5) is 0 Å². The van der Waals surface area contributed by atoms with Crippen molar-refractivity contribution in [2.45, 2.75) is 53.4 Å². The first kappa shape index (κ1) is 52.4. The van der Waals surface area contributed by atoms with E-state index in [0.29, 0.717) is 92.9 Å². The molecule has 0 spiro atoms. The second kappa shape index (κ2) is 26.1. The minimum atomic E-state index is -0.0946. The average molecular weight is 989 g/mol. The van der Waals surface area contributed by atoms with Gasteiger partial charge in [-0.15, -0.1) is 11.6 Å². The normalized spacial score (nSPS) is 10.9. The van der Waals surface area contributed by atoms with Crippen LogP contribution >= 0.6 is 11.6 Å². The van der Waals surface area contributed by atoms with Crippen LogP contribution in [0.5, 0.6) is 46.0 Å². The van der Waals surface area contributed by atoms with Gasteiger partial charge in [0.1, 0.15) is 23.0 Å². The molecule has 0 saturated carbocycles. The summed E-state index contributed by atoms with van der Waals surface area (Å²) < 4.78 is 35.9. The number of rotatable bonds is 23. The van der Waals surface area contributed by atoms with Crippen molar-refractivity contribution in [3.05, 3.63) is 179 Å². The number of benzene rings is 6. The average Bonchev–Trinajstić information content (AvgIpc) is 3.41. The third-order valence-corrected chi connectivity index (χ3v) is 12.3. The van der Waals surface area contributed by atoms with Crippen molar-refractivity contribution in [3.8, 4) is 46.0 Å². The molecule has 0 aliphatic heterocycles. The monoisotopic (exact) mass is 987 g/mol. The molecule has 6 aromatic carbocycles. The van der Waals surface area contributed by atoms with Gasteiger partial charge in [-0.2, -0.15) is 0 Å². The SMILES string of the molecule is CCN(CC)CCCCOc1cc2nccc(Oc3ccc(C)cc3C(=O)c3ccccc3)c2cc1OC.COc1cc2c(Oc3ccc(C)cc3C(=O)c3ccccc3)ccnc2cc1OCCCCCl. The number of alkyl halides is 1. The maximum absolute atomic E-state index is 13.3.